The van der Waals surface area contributed by atoms with Gasteiger partial charge in [0.1, 0.15) is 29.7 Å². The van der Waals surface area contributed by atoms with E-state index < -0.39 is 28.8 Å². The van der Waals surface area contributed by atoms with Crippen molar-refractivity contribution in [1.82, 2.24) is 24.1 Å². The number of rotatable bonds is 5. The summed E-state index contributed by atoms with van der Waals surface area (Å²) in [5, 5.41) is 14.8. The number of nitrogens with zero attached hydrogens (tertiary/aromatic N) is 6. The summed E-state index contributed by atoms with van der Waals surface area (Å²) in [5.41, 5.74) is 1.34. The third-order valence-electron chi connectivity index (χ3n) is 6.18. The normalized spacial score (nSPS) is 15.8. The molecule has 1 fully saturated rings. The van der Waals surface area contributed by atoms with Crippen molar-refractivity contribution in [1.29, 1.82) is 0 Å². The maximum atomic E-state index is 15.5. The number of pyridine rings is 1. The number of hydrogen-bond acceptors (Lipinski definition) is 7. The van der Waals surface area contributed by atoms with E-state index in [0.29, 0.717) is 24.5 Å². The Labute approximate surface area is 209 Å². The average Bonchev–Trinajstić information content (AvgIpc) is 3.49. The largest absolute Gasteiger partial charge is 0.453 e. The second kappa shape index (κ2) is 9.58. The quantitative estimate of drug-likeness (QED) is 0.296. The van der Waals surface area contributed by atoms with Gasteiger partial charge in [-0.2, -0.15) is 5.10 Å². The van der Waals surface area contributed by atoms with Crippen molar-refractivity contribution in [2.24, 2.45) is 0 Å². The molecule has 0 radical (unpaired) electrons. The molecule has 0 unspecified atom stereocenters. The summed E-state index contributed by atoms with van der Waals surface area (Å²) in [6.45, 7) is 2.79. The van der Waals surface area contributed by atoms with Crippen molar-refractivity contribution < 1.29 is 28.0 Å². The summed E-state index contributed by atoms with van der Waals surface area (Å²) in [4.78, 5) is 28.4. The summed E-state index contributed by atoms with van der Waals surface area (Å²) >= 11 is 0. The van der Waals surface area contributed by atoms with E-state index in [4.69, 9.17) is 9.47 Å². The molecule has 0 bridgehead atoms. The van der Waals surface area contributed by atoms with Crippen molar-refractivity contribution in [3.63, 3.8) is 0 Å². The molecular weight excluding hydrogens is 490 g/mol. The fourth-order valence-electron chi connectivity index (χ4n) is 4.41. The van der Waals surface area contributed by atoms with Gasteiger partial charge in [-0.05, 0) is 24.6 Å². The van der Waals surface area contributed by atoms with Crippen LogP contribution in [0.5, 0.6) is 0 Å². The maximum Gasteiger partial charge on any atom is 0.409 e. The third-order valence-corrected chi connectivity index (χ3v) is 6.18. The maximum absolute atomic E-state index is 15.5. The summed E-state index contributed by atoms with van der Waals surface area (Å²) in [6.07, 6.45) is 3.12. The first-order valence-corrected chi connectivity index (χ1v) is 11.4. The number of fused-ring (bicyclic) bond motifs is 1. The van der Waals surface area contributed by atoms with Crippen molar-refractivity contribution in [3.05, 3.63) is 75.9 Å². The zero-order valence-corrected chi connectivity index (χ0v) is 19.9. The highest BCUT2D eigenvalue weighted by molar-refractivity contribution is 5.70. The number of methoxy groups -OCH3 is 1. The van der Waals surface area contributed by atoms with E-state index in [1.54, 1.807) is 16.7 Å². The molecule has 11 nitrogen and oxygen atoms in total. The number of carbonyl (C=O) groups excluding carboxylic acids is 1. The van der Waals surface area contributed by atoms with Gasteiger partial charge >= 0.3 is 11.8 Å². The van der Waals surface area contributed by atoms with Gasteiger partial charge in [0.2, 0.25) is 0 Å². The smallest absolute Gasteiger partial charge is 0.409 e. The van der Waals surface area contributed by atoms with Gasteiger partial charge in [-0.25, -0.2) is 23.2 Å². The Hall–Kier alpha value is -4.39. The second-order valence-electron chi connectivity index (χ2n) is 8.64. The number of ether oxygens (including phenoxy) is 2. The second-order valence-corrected chi connectivity index (χ2v) is 8.64. The zero-order valence-electron chi connectivity index (χ0n) is 19.9. The monoisotopic (exact) mass is 512 g/mol. The van der Waals surface area contributed by atoms with Crippen LogP contribution in [0.3, 0.4) is 0 Å². The highest BCUT2D eigenvalue weighted by atomic mass is 19.1. The van der Waals surface area contributed by atoms with Crippen LogP contribution in [-0.2, 0) is 15.9 Å². The highest BCUT2D eigenvalue weighted by Crippen LogP contribution is 2.33. The molecule has 37 heavy (non-hydrogen) atoms. The van der Waals surface area contributed by atoms with Crippen LogP contribution in [0, 0.1) is 28.7 Å². The van der Waals surface area contributed by atoms with Crippen LogP contribution < -0.4 is 0 Å². The molecule has 1 atom stereocenters. The van der Waals surface area contributed by atoms with E-state index in [1.807, 2.05) is 13.0 Å². The number of morpholine rings is 1. The number of aromatic nitrogens is 4. The molecule has 13 heteroatoms. The number of nitro groups is 1. The van der Waals surface area contributed by atoms with Crippen LogP contribution >= 0.6 is 0 Å². The summed E-state index contributed by atoms with van der Waals surface area (Å²) in [7, 11) is 1.30. The van der Waals surface area contributed by atoms with Crippen LogP contribution in [0.15, 0.2) is 42.9 Å². The first-order valence-electron chi connectivity index (χ1n) is 11.4. The van der Waals surface area contributed by atoms with Gasteiger partial charge in [0.15, 0.2) is 0 Å². The first kappa shape index (κ1) is 24.3. The first-order chi connectivity index (χ1) is 17.7. The molecule has 192 valence electrons. The van der Waals surface area contributed by atoms with Crippen molar-refractivity contribution >= 4 is 17.4 Å². The molecule has 1 aliphatic rings. The van der Waals surface area contributed by atoms with Crippen molar-refractivity contribution in [2.75, 3.05) is 26.8 Å². The van der Waals surface area contributed by atoms with Gasteiger partial charge in [0.25, 0.3) is 0 Å². The van der Waals surface area contributed by atoms with Gasteiger partial charge < -0.3 is 18.8 Å². The molecule has 5 rings (SSSR count). The van der Waals surface area contributed by atoms with Gasteiger partial charge in [0, 0.05) is 31.3 Å². The van der Waals surface area contributed by atoms with Crippen molar-refractivity contribution in [2.45, 2.75) is 19.4 Å². The molecular formula is C24H22F2N6O5. The molecule has 1 aliphatic heterocycles. The molecule has 3 aromatic heterocycles. The van der Waals surface area contributed by atoms with Gasteiger partial charge in [-0.3, -0.25) is 10.1 Å². The standard InChI is InChI=1S/C24H22F2N6O5/c1-14-3-4-30-20(10-17-13-29(5-6-37-17)24(33)36-2)23(28-21(30)7-14)22-18(25)8-15(9-19(22)26)31-12-16(11-27-31)32(34)35/h3-4,7-9,11-12,17H,5-6,10,13H2,1-2H3/t17-/m0/s1. The van der Waals surface area contributed by atoms with E-state index in [-0.39, 0.29) is 35.6 Å². The van der Waals surface area contributed by atoms with Gasteiger partial charge in [-0.1, -0.05) is 0 Å². The van der Waals surface area contributed by atoms with Gasteiger partial charge in [-0.15, -0.1) is 0 Å². The Balaban J connectivity index is 1.57. The molecule has 1 saturated heterocycles. The lowest BCUT2D eigenvalue weighted by Gasteiger charge is -2.32. The minimum Gasteiger partial charge on any atom is -0.453 e. The molecule has 1 aromatic carbocycles. The SMILES string of the molecule is COC(=O)N1CCO[C@@H](Cc2c(-c3c(F)cc(-n4cc([N+](=O)[O-])cn4)cc3F)nc3cc(C)ccn23)C1. The molecule has 4 aromatic rings. The average molecular weight is 512 g/mol. The predicted octanol–water partition coefficient (Wildman–Crippen LogP) is 3.69. The van der Waals surface area contributed by atoms with Crippen LogP contribution in [-0.4, -0.2) is 68.0 Å². The highest BCUT2D eigenvalue weighted by Gasteiger charge is 2.29. The Bertz CT molecular complexity index is 1490. The lowest BCUT2D eigenvalue weighted by molar-refractivity contribution is -0.384. The van der Waals surface area contributed by atoms with E-state index >= 15 is 8.78 Å². The fraction of sp³-hybridized carbons (Fsp3) is 0.292. The number of amides is 1. The van der Waals surface area contributed by atoms with E-state index in [1.165, 1.54) is 12.0 Å². The number of aryl methyl sites for hydroxylation is 1. The molecule has 1 amide bonds. The lowest BCUT2D eigenvalue weighted by atomic mass is 10.0. The van der Waals surface area contributed by atoms with E-state index in [2.05, 4.69) is 10.1 Å². The Morgan fingerprint density at radius 3 is 2.73 bits per heavy atom. The number of hydrogen-bond donors (Lipinski definition) is 0. The number of carbonyl (C=O) groups is 1. The molecule has 4 heterocycles. The topological polar surface area (TPSA) is 117 Å². The van der Waals surface area contributed by atoms with Crippen LogP contribution in [0.25, 0.3) is 22.6 Å². The summed E-state index contributed by atoms with van der Waals surface area (Å²) < 4.78 is 44.4. The van der Waals surface area contributed by atoms with Crippen LogP contribution in [0.1, 0.15) is 11.3 Å². The minimum absolute atomic E-state index is 0.0163. The number of imidazole rings is 1. The van der Waals surface area contributed by atoms with E-state index in [9.17, 15) is 14.9 Å². The molecule has 0 spiro atoms. The third kappa shape index (κ3) is 4.60. The minimum atomic E-state index is -0.907. The number of halogens is 2. The Morgan fingerprint density at radius 1 is 1.30 bits per heavy atom. The molecule has 0 saturated carbocycles. The van der Waals surface area contributed by atoms with Gasteiger partial charge in [0.05, 0.1) is 53.9 Å². The molecule has 0 aliphatic carbocycles. The van der Waals surface area contributed by atoms with Crippen LogP contribution in [0.2, 0.25) is 0 Å². The van der Waals surface area contributed by atoms with Crippen LogP contribution in [0.4, 0.5) is 19.3 Å². The lowest BCUT2D eigenvalue weighted by Crippen LogP contribution is -2.46. The zero-order chi connectivity index (χ0) is 26.3. The Kier molecular flexibility index (Phi) is 6.29. The summed E-state index contributed by atoms with van der Waals surface area (Å²) in [5.74, 6) is -1.81. The predicted molar refractivity (Wildman–Crippen MR) is 126 cm³/mol. The fourth-order valence-corrected chi connectivity index (χ4v) is 4.41. The molecule has 0 N–H and O–H groups in total. The van der Waals surface area contributed by atoms with Crippen molar-refractivity contribution in [3.8, 4) is 16.9 Å². The Morgan fingerprint density at radius 2 is 2.05 bits per heavy atom. The summed E-state index contributed by atoms with van der Waals surface area (Å²) in [6, 6.07) is 5.74. The number of benzene rings is 1. The van der Waals surface area contributed by atoms with E-state index in [0.717, 1.165) is 34.8 Å².